The number of anilines is 1. The lowest BCUT2D eigenvalue weighted by Gasteiger charge is -2.07. The highest BCUT2D eigenvalue weighted by Gasteiger charge is 2.15. The van der Waals surface area contributed by atoms with Gasteiger partial charge in [-0.3, -0.25) is 5.84 Å². The molecule has 0 unspecified atom stereocenters. The normalized spacial score (nSPS) is 9.67. The van der Waals surface area contributed by atoms with Crippen molar-refractivity contribution in [3.05, 3.63) is 18.2 Å². The average molecular weight is 184 g/mol. The second kappa shape index (κ2) is 3.82. The maximum absolute atomic E-state index is 8.89. The van der Waals surface area contributed by atoms with E-state index in [4.69, 9.17) is 15.9 Å². The van der Waals surface area contributed by atoms with Crippen LogP contribution >= 0.6 is 12.6 Å². The highest BCUT2D eigenvalue weighted by Crippen LogP contribution is 2.09. The fourth-order valence-corrected chi connectivity index (χ4v) is 1.11. The van der Waals surface area contributed by atoms with Gasteiger partial charge in [0.05, 0.1) is 0 Å². The summed E-state index contributed by atoms with van der Waals surface area (Å²) in [6.07, 6.45) is 0. The van der Waals surface area contributed by atoms with Gasteiger partial charge in [0.1, 0.15) is 0 Å². The Morgan fingerprint density at radius 1 is 1.42 bits per heavy atom. The number of rotatable bonds is 2. The van der Waals surface area contributed by atoms with Crippen molar-refractivity contribution in [1.82, 2.24) is 0 Å². The highest BCUT2D eigenvalue weighted by molar-refractivity contribution is 7.80. The molecule has 5 N–H and O–H groups in total. The Morgan fingerprint density at radius 2 is 2.08 bits per heavy atom. The molecule has 1 aromatic rings. The average Bonchev–Trinajstić information content (AvgIpc) is 2.04. The van der Waals surface area contributed by atoms with Gasteiger partial charge in [-0.2, -0.15) is 0 Å². The molecule has 0 saturated carbocycles. The Hall–Kier alpha value is -0.685. The summed E-state index contributed by atoms with van der Waals surface area (Å²) in [5.41, 5.74) is 3.14. The van der Waals surface area contributed by atoms with Crippen molar-refractivity contribution in [2.45, 2.75) is 4.90 Å². The van der Waals surface area contributed by atoms with Crippen LogP contribution in [0.5, 0.6) is 0 Å². The smallest absolute Gasteiger partial charge is 0.423 e. The van der Waals surface area contributed by atoms with Gasteiger partial charge in [0.25, 0.3) is 0 Å². The SMILES string of the molecule is NNc1ccc(S)cc1B(O)O. The number of hydrogen-bond acceptors (Lipinski definition) is 5. The molecule has 0 heterocycles. The maximum atomic E-state index is 8.89. The van der Waals surface area contributed by atoms with E-state index >= 15 is 0 Å². The summed E-state index contributed by atoms with van der Waals surface area (Å²) < 4.78 is 0. The molecule has 0 amide bonds. The molecule has 0 spiro atoms. The van der Waals surface area contributed by atoms with Gasteiger partial charge < -0.3 is 15.5 Å². The van der Waals surface area contributed by atoms with Crippen molar-refractivity contribution in [3.8, 4) is 0 Å². The van der Waals surface area contributed by atoms with Crippen LogP contribution in [-0.2, 0) is 0 Å². The first-order chi connectivity index (χ1) is 5.65. The summed E-state index contributed by atoms with van der Waals surface area (Å²) in [5.74, 6) is 5.14. The minimum atomic E-state index is -1.54. The van der Waals surface area contributed by atoms with Crippen LogP contribution in [0.1, 0.15) is 0 Å². The van der Waals surface area contributed by atoms with Gasteiger partial charge in [-0.25, -0.2) is 0 Å². The van der Waals surface area contributed by atoms with Crippen LogP contribution in [0.15, 0.2) is 23.1 Å². The Balaban J connectivity index is 3.12. The van der Waals surface area contributed by atoms with Crippen molar-refractivity contribution in [2.24, 2.45) is 5.84 Å². The van der Waals surface area contributed by atoms with Crippen molar-refractivity contribution < 1.29 is 10.0 Å². The van der Waals surface area contributed by atoms with E-state index in [9.17, 15) is 0 Å². The molecule has 0 saturated heterocycles. The minimum absolute atomic E-state index is 0.310. The first-order valence-electron chi connectivity index (χ1n) is 3.31. The Kier molecular flexibility index (Phi) is 2.99. The molecular formula is C6H9BN2O2S. The van der Waals surface area contributed by atoms with E-state index < -0.39 is 7.12 Å². The molecule has 0 radical (unpaired) electrons. The number of nitrogens with two attached hydrogens (primary N) is 1. The topological polar surface area (TPSA) is 78.5 Å². The van der Waals surface area contributed by atoms with Gasteiger partial charge in [0, 0.05) is 16.0 Å². The molecule has 1 rings (SSSR count). The number of nitrogens with one attached hydrogen (secondary N) is 1. The number of benzene rings is 1. The van der Waals surface area contributed by atoms with Crippen LogP contribution < -0.4 is 16.7 Å². The van der Waals surface area contributed by atoms with Gasteiger partial charge in [-0.15, -0.1) is 12.6 Å². The standard InChI is InChI=1S/C6H9BN2O2S/c8-9-6-2-1-4(12)3-5(6)7(10)11/h1-3,9-12H,8H2. The first kappa shape index (κ1) is 9.40. The van der Waals surface area contributed by atoms with Gasteiger partial charge in [0.15, 0.2) is 0 Å². The van der Waals surface area contributed by atoms with Crippen LogP contribution in [0.4, 0.5) is 5.69 Å². The molecule has 12 heavy (non-hydrogen) atoms. The van der Waals surface area contributed by atoms with Crippen LogP contribution in [0.25, 0.3) is 0 Å². The minimum Gasteiger partial charge on any atom is -0.423 e. The number of hydrazine groups is 1. The van der Waals surface area contributed by atoms with Gasteiger partial charge in [-0.05, 0) is 18.2 Å². The van der Waals surface area contributed by atoms with E-state index in [1.165, 1.54) is 6.07 Å². The zero-order valence-electron chi connectivity index (χ0n) is 6.23. The predicted octanol–water partition coefficient (Wildman–Crippen LogP) is -1.06. The largest absolute Gasteiger partial charge is 0.490 e. The number of thiol groups is 1. The molecule has 0 aromatic heterocycles. The zero-order valence-corrected chi connectivity index (χ0v) is 7.12. The Labute approximate surface area is 75.9 Å². The first-order valence-corrected chi connectivity index (χ1v) is 3.75. The zero-order chi connectivity index (χ0) is 9.14. The lowest BCUT2D eigenvalue weighted by molar-refractivity contribution is 0.426. The summed E-state index contributed by atoms with van der Waals surface area (Å²) in [5, 5.41) is 17.8. The second-order valence-corrected chi connectivity index (χ2v) is 2.81. The monoisotopic (exact) mass is 184 g/mol. The van der Waals surface area contributed by atoms with Gasteiger partial charge >= 0.3 is 7.12 Å². The maximum Gasteiger partial charge on any atom is 0.490 e. The third-order valence-corrected chi connectivity index (χ3v) is 1.75. The quantitative estimate of drug-likeness (QED) is 0.176. The van der Waals surface area contributed by atoms with Crippen LogP contribution in [0, 0.1) is 0 Å². The molecule has 0 aliphatic heterocycles. The molecular weight excluding hydrogens is 175 g/mol. The highest BCUT2D eigenvalue weighted by atomic mass is 32.1. The molecule has 64 valence electrons. The van der Waals surface area contributed by atoms with Crippen molar-refractivity contribution >= 4 is 30.9 Å². The number of hydrogen-bond donors (Lipinski definition) is 5. The third-order valence-electron chi connectivity index (χ3n) is 1.47. The molecule has 0 atom stereocenters. The van der Waals surface area contributed by atoms with E-state index in [1.807, 2.05) is 0 Å². The second-order valence-electron chi connectivity index (χ2n) is 2.29. The Morgan fingerprint density at radius 3 is 2.58 bits per heavy atom. The Bertz CT molecular complexity index is 282. The van der Waals surface area contributed by atoms with Crippen molar-refractivity contribution in [3.63, 3.8) is 0 Å². The van der Waals surface area contributed by atoms with Crippen molar-refractivity contribution in [2.75, 3.05) is 5.43 Å². The van der Waals surface area contributed by atoms with Gasteiger partial charge in [0.2, 0.25) is 0 Å². The fraction of sp³-hybridized carbons (Fsp3) is 0. The lowest BCUT2D eigenvalue weighted by Crippen LogP contribution is -2.33. The molecule has 4 nitrogen and oxygen atoms in total. The van der Waals surface area contributed by atoms with E-state index in [2.05, 4.69) is 18.1 Å². The molecule has 1 aromatic carbocycles. The summed E-state index contributed by atoms with van der Waals surface area (Å²) in [6.45, 7) is 0. The van der Waals surface area contributed by atoms with Crippen LogP contribution in [-0.4, -0.2) is 17.2 Å². The summed E-state index contributed by atoms with van der Waals surface area (Å²) >= 11 is 4.04. The van der Waals surface area contributed by atoms with E-state index in [0.717, 1.165) is 0 Å². The lowest BCUT2D eigenvalue weighted by atomic mass is 9.79. The molecule has 0 bridgehead atoms. The summed E-state index contributed by atoms with van der Waals surface area (Å²) in [6, 6.07) is 4.85. The fourth-order valence-electron chi connectivity index (χ4n) is 0.895. The third kappa shape index (κ3) is 1.92. The van der Waals surface area contributed by atoms with Crippen LogP contribution in [0.2, 0.25) is 0 Å². The summed E-state index contributed by atoms with van der Waals surface area (Å²) in [4.78, 5) is 0.650. The van der Waals surface area contributed by atoms with Gasteiger partial charge in [-0.1, -0.05) is 0 Å². The van der Waals surface area contributed by atoms with E-state index in [0.29, 0.717) is 16.0 Å². The predicted molar refractivity (Wildman–Crippen MR) is 51.3 cm³/mol. The number of nitrogen functional groups attached to an aromatic ring is 1. The van der Waals surface area contributed by atoms with Crippen molar-refractivity contribution in [1.29, 1.82) is 0 Å². The van der Waals surface area contributed by atoms with Crippen LogP contribution in [0.3, 0.4) is 0 Å². The molecule has 0 fully saturated rings. The molecule has 0 aliphatic rings. The van der Waals surface area contributed by atoms with E-state index in [1.54, 1.807) is 12.1 Å². The summed E-state index contributed by atoms with van der Waals surface area (Å²) in [7, 11) is -1.54. The van der Waals surface area contributed by atoms with E-state index in [-0.39, 0.29) is 0 Å². The molecule has 0 aliphatic carbocycles. The molecule has 6 heteroatoms.